The molecule has 0 saturated carbocycles. The van der Waals surface area contributed by atoms with E-state index in [9.17, 15) is 5.26 Å². The summed E-state index contributed by atoms with van der Waals surface area (Å²) < 4.78 is 16.4. The van der Waals surface area contributed by atoms with Gasteiger partial charge in [0.05, 0.1) is 59.9 Å². The van der Waals surface area contributed by atoms with E-state index >= 15 is 0 Å². The van der Waals surface area contributed by atoms with E-state index in [-0.39, 0.29) is 0 Å². The third-order valence-corrected chi connectivity index (χ3v) is 6.46. The molecule has 35 heavy (non-hydrogen) atoms. The number of hydrogen-bond donors (Lipinski definition) is 1. The van der Waals surface area contributed by atoms with Crippen LogP contribution >= 0.6 is 23.2 Å². The lowest BCUT2D eigenvalue weighted by atomic mass is 10.0. The molecule has 0 bridgehead atoms. The minimum Gasteiger partial charge on any atom is -0.496 e. The van der Waals surface area contributed by atoms with Gasteiger partial charge in [-0.2, -0.15) is 5.26 Å². The standard InChI is InChI=1S/C26H26Cl2N4O3/c1-33-24-12-19-22(11-17(24)5-3-4-6-32-7-9-35-10-8-32)30-16-18(15-29)26(19)31-23-14-25(34-2)21(28)13-20(23)27/h3,5,11-14,16H,4,6-10H2,1-2H3,(H,30,31)/b5-3+. The molecule has 0 radical (unpaired) electrons. The first kappa shape index (κ1) is 25.1. The fourth-order valence-corrected chi connectivity index (χ4v) is 4.48. The number of nitriles is 1. The van der Waals surface area contributed by atoms with Crippen LogP contribution in [0.25, 0.3) is 17.0 Å². The van der Waals surface area contributed by atoms with E-state index in [2.05, 4.69) is 27.3 Å². The average molecular weight is 513 g/mol. The molecular weight excluding hydrogens is 487 g/mol. The fraction of sp³-hybridized carbons (Fsp3) is 0.308. The molecule has 0 atom stereocenters. The Labute approximate surface area is 214 Å². The number of aromatic nitrogens is 1. The first-order chi connectivity index (χ1) is 17.0. The average Bonchev–Trinajstić information content (AvgIpc) is 2.88. The van der Waals surface area contributed by atoms with Gasteiger partial charge in [0, 0.05) is 42.8 Å². The first-order valence-corrected chi connectivity index (χ1v) is 12.0. The predicted molar refractivity (Wildman–Crippen MR) is 140 cm³/mol. The zero-order chi connectivity index (χ0) is 24.8. The lowest BCUT2D eigenvalue weighted by Crippen LogP contribution is -2.36. The maximum absolute atomic E-state index is 9.74. The number of nitrogens with one attached hydrogen (secondary N) is 1. The van der Waals surface area contributed by atoms with Crippen molar-refractivity contribution in [1.29, 1.82) is 5.26 Å². The minimum absolute atomic E-state index is 0.373. The van der Waals surface area contributed by atoms with E-state index in [1.165, 1.54) is 7.11 Å². The summed E-state index contributed by atoms with van der Waals surface area (Å²) in [5, 5.41) is 14.5. The molecule has 4 rings (SSSR count). The summed E-state index contributed by atoms with van der Waals surface area (Å²) in [4.78, 5) is 6.90. The normalized spacial score (nSPS) is 14.3. The van der Waals surface area contributed by atoms with Crippen LogP contribution in [0.15, 0.2) is 36.5 Å². The van der Waals surface area contributed by atoms with Crippen molar-refractivity contribution in [3.8, 4) is 17.6 Å². The number of rotatable bonds is 8. The molecule has 0 unspecified atom stereocenters. The predicted octanol–water partition coefficient (Wildman–Crippen LogP) is 5.91. The van der Waals surface area contributed by atoms with Crippen LogP contribution in [0.2, 0.25) is 10.0 Å². The molecule has 2 aromatic carbocycles. The molecule has 9 heteroatoms. The Morgan fingerprint density at radius 3 is 2.60 bits per heavy atom. The molecular formula is C26H26Cl2N4O3. The van der Waals surface area contributed by atoms with Crippen molar-refractivity contribution in [2.75, 3.05) is 52.4 Å². The topological polar surface area (TPSA) is 79.6 Å². The van der Waals surface area contributed by atoms with Gasteiger partial charge < -0.3 is 19.5 Å². The molecule has 182 valence electrons. The first-order valence-electron chi connectivity index (χ1n) is 11.2. The number of halogens is 2. The van der Waals surface area contributed by atoms with Gasteiger partial charge in [-0.15, -0.1) is 0 Å². The van der Waals surface area contributed by atoms with E-state index < -0.39 is 0 Å². The van der Waals surface area contributed by atoms with Gasteiger partial charge in [0.1, 0.15) is 17.6 Å². The van der Waals surface area contributed by atoms with Crippen LogP contribution in [0.5, 0.6) is 11.5 Å². The van der Waals surface area contributed by atoms with Crippen molar-refractivity contribution in [2.24, 2.45) is 0 Å². The number of fused-ring (bicyclic) bond motifs is 1. The van der Waals surface area contributed by atoms with Gasteiger partial charge in [0.15, 0.2) is 0 Å². The molecule has 7 nitrogen and oxygen atoms in total. The Morgan fingerprint density at radius 2 is 1.89 bits per heavy atom. The van der Waals surface area contributed by atoms with Crippen LogP contribution in [0, 0.1) is 11.3 Å². The fourth-order valence-electron chi connectivity index (χ4n) is 3.97. The number of morpholine rings is 1. The molecule has 1 aliphatic heterocycles. The van der Waals surface area contributed by atoms with Crippen molar-refractivity contribution < 1.29 is 14.2 Å². The molecule has 0 aliphatic carbocycles. The summed E-state index contributed by atoms with van der Waals surface area (Å²) >= 11 is 12.6. The van der Waals surface area contributed by atoms with Crippen molar-refractivity contribution in [3.05, 3.63) is 57.7 Å². The van der Waals surface area contributed by atoms with E-state index in [4.69, 9.17) is 37.4 Å². The SMILES string of the molecule is COc1cc(Nc2c(C#N)cnc3cc(/C=C/CCN4CCOCC4)c(OC)cc23)c(Cl)cc1Cl. The number of nitrogens with zero attached hydrogens (tertiary/aromatic N) is 3. The lowest BCUT2D eigenvalue weighted by molar-refractivity contribution is 0.0387. The van der Waals surface area contributed by atoms with Gasteiger partial charge >= 0.3 is 0 Å². The summed E-state index contributed by atoms with van der Waals surface area (Å²) in [6.45, 7) is 4.51. The highest BCUT2D eigenvalue weighted by molar-refractivity contribution is 6.37. The van der Waals surface area contributed by atoms with E-state index in [0.717, 1.165) is 55.7 Å². The molecule has 2 heterocycles. The van der Waals surface area contributed by atoms with Crippen molar-refractivity contribution in [3.63, 3.8) is 0 Å². The van der Waals surface area contributed by atoms with Crippen LogP contribution in [0.3, 0.4) is 0 Å². The van der Waals surface area contributed by atoms with Gasteiger partial charge in [-0.1, -0.05) is 35.4 Å². The second-order valence-electron chi connectivity index (χ2n) is 8.01. The molecule has 1 aromatic heterocycles. The number of benzene rings is 2. The molecule has 1 fully saturated rings. The number of pyridine rings is 1. The molecule has 1 N–H and O–H groups in total. The van der Waals surface area contributed by atoms with Crippen LogP contribution in [-0.2, 0) is 4.74 Å². The Kier molecular flexibility index (Phi) is 8.32. The highest BCUT2D eigenvalue weighted by atomic mass is 35.5. The number of hydrogen-bond acceptors (Lipinski definition) is 7. The van der Waals surface area contributed by atoms with E-state index in [0.29, 0.717) is 38.5 Å². The Morgan fingerprint density at radius 1 is 1.11 bits per heavy atom. The molecule has 0 spiro atoms. The summed E-state index contributed by atoms with van der Waals surface area (Å²) in [7, 11) is 3.16. The molecule has 1 aliphatic rings. The quantitative estimate of drug-likeness (QED) is 0.401. The van der Waals surface area contributed by atoms with Gasteiger partial charge in [0.2, 0.25) is 0 Å². The Bertz CT molecular complexity index is 1280. The van der Waals surface area contributed by atoms with Crippen LogP contribution in [-0.4, -0.2) is 57.0 Å². The third-order valence-electron chi connectivity index (χ3n) is 5.85. The van der Waals surface area contributed by atoms with Crippen LogP contribution in [0.4, 0.5) is 11.4 Å². The Balaban J connectivity index is 1.66. The maximum atomic E-state index is 9.74. The lowest BCUT2D eigenvalue weighted by Gasteiger charge is -2.25. The number of anilines is 2. The van der Waals surface area contributed by atoms with Gasteiger partial charge in [0.25, 0.3) is 0 Å². The summed E-state index contributed by atoms with van der Waals surface area (Å²) in [6.07, 6.45) is 6.66. The number of ether oxygens (including phenoxy) is 3. The second-order valence-corrected chi connectivity index (χ2v) is 8.82. The van der Waals surface area contributed by atoms with Crippen molar-refractivity contribution in [2.45, 2.75) is 6.42 Å². The highest BCUT2D eigenvalue weighted by Crippen LogP contribution is 2.39. The van der Waals surface area contributed by atoms with E-state index in [1.807, 2.05) is 18.2 Å². The van der Waals surface area contributed by atoms with Gasteiger partial charge in [-0.25, -0.2) is 0 Å². The third kappa shape index (κ3) is 5.80. The molecule has 3 aromatic rings. The number of methoxy groups -OCH3 is 2. The molecule has 1 saturated heterocycles. The van der Waals surface area contributed by atoms with Crippen molar-refractivity contribution in [1.82, 2.24) is 9.88 Å². The minimum atomic E-state index is 0.373. The van der Waals surface area contributed by atoms with Crippen molar-refractivity contribution >= 4 is 51.6 Å². The Hall–Kier alpha value is -3.02. The van der Waals surface area contributed by atoms with Crippen LogP contribution in [0.1, 0.15) is 17.5 Å². The second kappa shape index (κ2) is 11.6. The maximum Gasteiger partial charge on any atom is 0.139 e. The smallest absolute Gasteiger partial charge is 0.139 e. The monoisotopic (exact) mass is 512 g/mol. The molecule has 0 amide bonds. The summed E-state index contributed by atoms with van der Waals surface area (Å²) in [6, 6.07) is 9.33. The van der Waals surface area contributed by atoms with Gasteiger partial charge in [-0.3, -0.25) is 9.88 Å². The summed E-state index contributed by atoms with van der Waals surface area (Å²) in [5.41, 5.74) is 3.14. The van der Waals surface area contributed by atoms with Crippen LogP contribution < -0.4 is 14.8 Å². The van der Waals surface area contributed by atoms with E-state index in [1.54, 1.807) is 25.4 Å². The van der Waals surface area contributed by atoms with Gasteiger partial charge in [-0.05, 0) is 24.6 Å². The largest absolute Gasteiger partial charge is 0.496 e. The zero-order valence-electron chi connectivity index (χ0n) is 19.6. The summed E-state index contributed by atoms with van der Waals surface area (Å²) in [5.74, 6) is 1.15. The highest BCUT2D eigenvalue weighted by Gasteiger charge is 2.16. The zero-order valence-corrected chi connectivity index (χ0v) is 21.1.